The Labute approximate surface area is 123 Å². The summed E-state index contributed by atoms with van der Waals surface area (Å²) in [5.74, 6) is -0.233. The van der Waals surface area contributed by atoms with Gasteiger partial charge in [0.25, 0.3) is 0 Å². The lowest BCUT2D eigenvalue weighted by Gasteiger charge is -2.18. The van der Waals surface area contributed by atoms with Gasteiger partial charge in [0.15, 0.2) is 5.78 Å². The van der Waals surface area contributed by atoms with Gasteiger partial charge in [-0.2, -0.15) is 0 Å². The second-order valence-corrected chi connectivity index (χ2v) is 5.32. The van der Waals surface area contributed by atoms with E-state index in [9.17, 15) is 9.59 Å². The molecule has 0 unspecified atom stereocenters. The number of rotatable bonds is 2. The number of hydrogen-bond donors (Lipinski definition) is 0. The molecule has 104 valence electrons. The number of aromatic nitrogens is 1. The topological polar surface area (TPSA) is 47.0 Å². The summed E-state index contributed by atoms with van der Waals surface area (Å²) in [6, 6.07) is 11.3. The quantitative estimate of drug-likeness (QED) is 0.846. The molecule has 0 amide bonds. The van der Waals surface area contributed by atoms with E-state index in [4.69, 9.17) is 0 Å². The van der Waals surface area contributed by atoms with Crippen LogP contribution in [0, 0.1) is 6.92 Å². The van der Waals surface area contributed by atoms with Gasteiger partial charge in [0.05, 0.1) is 5.56 Å². The molecule has 1 aliphatic carbocycles. The summed E-state index contributed by atoms with van der Waals surface area (Å²) >= 11 is 0. The maximum Gasteiger partial charge on any atom is 0.208 e. The van der Waals surface area contributed by atoms with Crippen LogP contribution in [-0.2, 0) is 6.42 Å². The lowest BCUT2D eigenvalue weighted by atomic mass is 9.85. The Morgan fingerprint density at radius 2 is 1.67 bits per heavy atom. The Bertz CT molecular complexity index is 770. The molecule has 1 aromatic heterocycles. The minimum atomic E-state index is -0.136. The third-order valence-corrected chi connectivity index (χ3v) is 3.84. The highest BCUT2D eigenvalue weighted by molar-refractivity contribution is 6.26. The normalized spacial score (nSPS) is 14.4. The maximum absolute atomic E-state index is 12.6. The van der Waals surface area contributed by atoms with Crippen molar-refractivity contribution in [1.29, 1.82) is 0 Å². The van der Waals surface area contributed by atoms with Crippen LogP contribution in [-0.4, -0.2) is 16.6 Å². The average Bonchev–Trinajstić information content (AvgIpc) is 2.51. The molecule has 3 nitrogen and oxygen atoms in total. The number of aryl methyl sites for hydroxylation is 1. The molecular formula is C18H15NO2. The zero-order valence-electron chi connectivity index (χ0n) is 12.0. The fourth-order valence-electron chi connectivity index (χ4n) is 2.54. The van der Waals surface area contributed by atoms with Crippen LogP contribution in [0.3, 0.4) is 0 Å². The van der Waals surface area contributed by atoms with Crippen molar-refractivity contribution in [1.82, 2.24) is 4.98 Å². The summed E-state index contributed by atoms with van der Waals surface area (Å²) in [4.78, 5) is 29.0. The highest BCUT2D eigenvalue weighted by Crippen LogP contribution is 2.27. The standard InChI is InChI=1S/C18H15NO2/c1-11-5-7-13(8-6-11)10-15-12(2)17(20)14-4-3-9-19-16(14)18(15)21/h3-9H,10H2,1-2H3. The van der Waals surface area contributed by atoms with Crippen molar-refractivity contribution in [2.45, 2.75) is 20.3 Å². The highest BCUT2D eigenvalue weighted by Gasteiger charge is 2.30. The van der Waals surface area contributed by atoms with Crippen LogP contribution >= 0.6 is 0 Å². The van der Waals surface area contributed by atoms with Gasteiger partial charge in [-0.3, -0.25) is 14.6 Å². The number of fused-ring (bicyclic) bond motifs is 1. The number of benzene rings is 1. The van der Waals surface area contributed by atoms with Gasteiger partial charge in [-0.05, 0) is 31.5 Å². The van der Waals surface area contributed by atoms with E-state index in [-0.39, 0.29) is 17.3 Å². The van der Waals surface area contributed by atoms with Crippen LogP contribution in [0.2, 0.25) is 0 Å². The van der Waals surface area contributed by atoms with Crippen LogP contribution < -0.4 is 0 Å². The minimum Gasteiger partial charge on any atom is -0.289 e. The molecule has 0 saturated carbocycles. The van der Waals surface area contributed by atoms with E-state index in [2.05, 4.69) is 4.98 Å². The molecular weight excluding hydrogens is 262 g/mol. The maximum atomic E-state index is 12.6. The SMILES string of the molecule is CC1=C(Cc2ccc(C)cc2)C(=O)c2ncccc2C1=O. The summed E-state index contributed by atoms with van der Waals surface area (Å²) < 4.78 is 0. The molecule has 0 N–H and O–H groups in total. The van der Waals surface area contributed by atoms with Crippen molar-refractivity contribution in [3.05, 3.63) is 76.1 Å². The number of pyridine rings is 1. The van der Waals surface area contributed by atoms with E-state index in [0.717, 1.165) is 5.56 Å². The molecule has 1 heterocycles. The first-order valence-corrected chi connectivity index (χ1v) is 6.87. The van der Waals surface area contributed by atoms with Crippen LogP contribution in [0.25, 0.3) is 0 Å². The molecule has 1 aromatic carbocycles. The molecule has 0 atom stereocenters. The molecule has 21 heavy (non-hydrogen) atoms. The Morgan fingerprint density at radius 3 is 2.38 bits per heavy atom. The molecule has 1 aliphatic rings. The van der Waals surface area contributed by atoms with Crippen LogP contribution in [0.15, 0.2) is 53.7 Å². The van der Waals surface area contributed by atoms with E-state index in [1.165, 1.54) is 5.56 Å². The van der Waals surface area contributed by atoms with Gasteiger partial charge in [0.2, 0.25) is 5.78 Å². The summed E-state index contributed by atoms with van der Waals surface area (Å²) in [6.45, 7) is 3.74. The molecule has 0 fully saturated rings. The number of carbonyl (C=O) groups is 2. The Morgan fingerprint density at radius 1 is 0.952 bits per heavy atom. The number of nitrogens with zero attached hydrogens (tertiary/aromatic N) is 1. The number of Topliss-reactive ketones (excluding diaryl/α,β-unsaturated/α-hetero) is 2. The number of carbonyl (C=O) groups excluding carboxylic acids is 2. The lowest BCUT2D eigenvalue weighted by molar-refractivity contribution is 0.0969. The van der Waals surface area contributed by atoms with Gasteiger partial charge in [-0.15, -0.1) is 0 Å². The Kier molecular flexibility index (Phi) is 3.26. The molecule has 0 radical (unpaired) electrons. The van der Waals surface area contributed by atoms with Gasteiger partial charge >= 0.3 is 0 Å². The predicted octanol–water partition coefficient (Wildman–Crippen LogP) is 3.33. The zero-order valence-corrected chi connectivity index (χ0v) is 12.0. The molecule has 2 aromatic rings. The molecule has 3 rings (SSSR count). The molecule has 0 saturated heterocycles. The van der Waals surface area contributed by atoms with Crippen LogP contribution in [0.1, 0.15) is 38.9 Å². The number of allylic oxidation sites excluding steroid dienone is 2. The fraction of sp³-hybridized carbons (Fsp3) is 0.167. The van der Waals surface area contributed by atoms with Gasteiger partial charge in [0.1, 0.15) is 5.69 Å². The summed E-state index contributed by atoms with van der Waals surface area (Å²) in [6.07, 6.45) is 2.01. The van der Waals surface area contributed by atoms with Gasteiger partial charge in [0, 0.05) is 23.8 Å². The molecule has 0 spiro atoms. The molecule has 3 heteroatoms. The highest BCUT2D eigenvalue weighted by atomic mass is 16.1. The van der Waals surface area contributed by atoms with Gasteiger partial charge in [-0.1, -0.05) is 29.8 Å². The van der Waals surface area contributed by atoms with Gasteiger partial charge in [-0.25, -0.2) is 0 Å². The van der Waals surface area contributed by atoms with Gasteiger partial charge < -0.3 is 0 Å². The van der Waals surface area contributed by atoms with Crippen molar-refractivity contribution in [2.24, 2.45) is 0 Å². The van der Waals surface area contributed by atoms with Crippen molar-refractivity contribution in [2.75, 3.05) is 0 Å². The van der Waals surface area contributed by atoms with E-state index in [1.54, 1.807) is 25.3 Å². The smallest absolute Gasteiger partial charge is 0.208 e. The third-order valence-electron chi connectivity index (χ3n) is 3.84. The predicted molar refractivity (Wildman–Crippen MR) is 80.5 cm³/mol. The monoisotopic (exact) mass is 277 g/mol. The van der Waals surface area contributed by atoms with Crippen LogP contribution in [0.5, 0.6) is 0 Å². The Balaban J connectivity index is 2.02. The largest absolute Gasteiger partial charge is 0.289 e. The average molecular weight is 277 g/mol. The zero-order chi connectivity index (χ0) is 15.0. The first-order chi connectivity index (χ1) is 10.1. The first kappa shape index (κ1) is 13.4. The summed E-state index contributed by atoms with van der Waals surface area (Å²) in [5.41, 5.74) is 3.96. The molecule has 0 aliphatic heterocycles. The molecule has 0 bridgehead atoms. The minimum absolute atomic E-state index is 0.0974. The first-order valence-electron chi connectivity index (χ1n) is 6.87. The van der Waals surface area contributed by atoms with E-state index in [0.29, 0.717) is 23.1 Å². The van der Waals surface area contributed by atoms with E-state index < -0.39 is 0 Å². The van der Waals surface area contributed by atoms with E-state index in [1.807, 2.05) is 31.2 Å². The summed E-state index contributed by atoms with van der Waals surface area (Å²) in [5, 5.41) is 0. The second-order valence-electron chi connectivity index (χ2n) is 5.32. The number of ketones is 2. The van der Waals surface area contributed by atoms with Crippen LogP contribution in [0.4, 0.5) is 0 Å². The lowest BCUT2D eigenvalue weighted by Crippen LogP contribution is -2.23. The van der Waals surface area contributed by atoms with E-state index >= 15 is 0 Å². The van der Waals surface area contributed by atoms with Crippen molar-refractivity contribution >= 4 is 11.6 Å². The van der Waals surface area contributed by atoms with Crippen molar-refractivity contribution in [3.63, 3.8) is 0 Å². The van der Waals surface area contributed by atoms with Crippen molar-refractivity contribution < 1.29 is 9.59 Å². The Hall–Kier alpha value is -2.55. The fourth-order valence-corrected chi connectivity index (χ4v) is 2.54. The second kappa shape index (κ2) is 5.09. The number of hydrogen-bond acceptors (Lipinski definition) is 3. The van der Waals surface area contributed by atoms with Crippen molar-refractivity contribution in [3.8, 4) is 0 Å². The third kappa shape index (κ3) is 2.31. The summed E-state index contributed by atoms with van der Waals surface area (Å²) in [7, 11) is 0.